The summed E-state index contributed by atoms with van der Waals surface area (Å²) in [4.78, 5) is 36.5. The zero-order valence-corrected chi connectivity index (χ0v) is 21.6. The average molecular weight is 544 g/mol. The van der Waals surface area contributed by atoms with Gasteiger partial charge in [0.2, 0.25) is 11.8 Å². The third-order valence-corrected chi connectivity index (χ3v) is 7.36. The summed E-state index contributed by atoms with van der Waals surface area (Å²) in [7, 11) is 0. The number of hydrogen-bond acceptors (Lipinski definition) is 6. The van der Waals surface area contributed by atoms with Gasteiger partial charge in [0.1, 0.15) is 5.25 Å². The Kier molecular flexibility index (Phi) is 8.47. The molecule has 1 aromatic carbocycles. The van der Waals surface area contributed by atoms with Crippen molar-refractivity contribution in [2.75, 3.05) is 11.9 Å². The van der Waals surface area contributed by atoms with E-state index in [4.69, 9.17) is 29.6 Å². The van der Waals surface area contributed by atoms with E-state index in [0.717, 1.165) is 16.8 Å². The molecule has 0 radical (unpaired) electrons. The van der Waals surface area contributed by atoms with E-state index in [1.807, 2.05) is 29.0 Å². The number of nitrogens with zero attached hydrogens (tertiary/aromatic N) is 3. The number of thioether (sulfide) groups is 1. The van der Waals surface area contributed by atoms with Gasteiger partial charge >= 0.3 is 0 Å². The molecule has 0 spiro atoms. The molecule has 1 aliphatic rings. The summed E-state index contributed by atoms with van der Waals surface area (Å²) in [6.45, 7) is 0.706. The molecule has 1 N–H and O–H groups in total. The maximum absolute atomic E-state index is 13.2. The highest BCUT2D eigenvalue weighted by Crippen LogP contribution is 2.32. The fourth-order valence-electron chi connectivity index (χ4n) is 3.41. The Morgan fingerprint density at radius 1 is 1.23 bits per heavy atom. The molecule has 10 heteroatoms. The van der Waals surface area contributed by atoms with Crippen LogP contribution in [0.15, 0.2) is 58.3 Å². The maximum Gasteiger partial charge on any atom is 0.242 e. The van der Waals surface area contributed by atoms with Crippen LogP contribution < -0.4 is 5.32 Å². The number of carbonyl (C=O) groups is 2. The maximum atomic E-state index is 13.2. The summed E-state index contributed by atoms with van der Waals surface area (Å²) in [5.74, 6) is 2.05. The summed E-state index contributed by atoms with van der Waals surface area (Å²) in [6, 6.07) is 10.7. The monoisotopic (exact) mass is 542 g/mol. The molecule has 178 valence electrons. The molecule has 2 aromatic heterocycles. The summed E-state index contributed by atoms with van der Waals surface area (Å²) in [6.07, 6.45) is 7.55. The molecule has 3 aromatic rings. The van der Waals surface area contributed by atoms with Crippen molar-refractivity contribution >= 4 is 69.0 Å². The van der Waals surface area contributed by atoms with Crippen LogP contribution in [0.4, 0.5) is 5.69 Å². The highest BCUT2D eigenvalue weighted by atomic mass is 35.5. The molecular weight excluding hydrogens is 523 g/mol. The second-order valence-electron chi connectivity index (χ2n) is 7.62. The van der Waals surface area contributed by atoms with Gasteiger partial charge < -0.3 is 5.32 Å². The molecule has 1 saturated heterocycles. The fraction of sp³-hybridized carbons (Fsp3) is 0.200. The number of nitrogens with one attached hydrogen (secondary N) is 1. The van der Waals surface area contributed by atoms with E-state index in [1.165, 1.54) is 11.8 Å². The van der Waals surface area contributed by atoms with Crippen molar-refractivity contribution in [2.45, 2.75) is 24.6 Å². The number of halogens is 2. The Bertz CT molecular complexity index is 1270. The number of rotatable bonds is 8. The van der Waals surface area contributed by atoms with Crippen LogP contribution >= 0.6 is 46.3 Å². The third-order valence-electron chi connectivity index (χ3n) is 5.02. The van der Waals surface area contributed by atoms with E-state index in [9.17, 15) is 9.59 Å². The topological polar surface area (TPSA) is 74.7 Å². The molecule has 1 atom stereocenters. The fourth-order valence-corrected chi connectivity index (χ4v) is 5.75. The highest BCUT2D eigenvalue weighted by Gasteiger charge is 2.39. The van der Waals surface area contributed by atoms with Crippen molar-refractivity contribution in [1.29, 1.82) is 0 Å². The second-order valence-corrected chi connectivity index (χ2v) is 10.4. The van der Waals surface area contributed by atoms with E-state index in [0.29, 0.717) is 40.4 Å². The van der Waals surface area contributed by atoms with E-state index in [2.05, 4.69) is 21.2 Å². The van der Waals surface area contributed by atoms with Gasteiger partial charge in [0.25, 0.3) is 0 Å². The zero-order chi connectivity index (χ0) is 24.8. The number of amides is 2. The lowest BCUT2D eigenvalue weighted by atomic mass is 10.2. The number of hydrogen-bond donors (Lipinski definition) is 1. The van der Waals surface area contributed by atoms with Crippen molar-refractivity contribution in [3.05, 3.63) is 69.0 Å². The Balaban J connectivity index is 1.46. The predicted molar refractivity (Wildman–Crippen MR) is 145 cm³/mol. The van der Waals surface area contributed by atoms with Gasteiger partial charge in [-0.15, -0.1) is 12.3 Å². The summed E-state index contributed by atoms with van der Waals surface area (Å²) in [5, 5.41) is 7.56. The predicted octanol–water partition coefficient (Wildman–Crippen LogP) is 5.97. The summed E-state index contributed by atoms with van der Waals surface area (Å²) < 4.78 is 0. The van der Waals surface area contributed by atoms with Crippen LogP contribution in [0.5, 0.6) is 0 Å². The van der Waals surface area contributed by atoms with Crippen LogP contribution in [-0.2, 0) is 16.1 Å². The molecule has 4 rings (SSSR count). The minimum atomic E-state index is -0.604. The minimum absolute atomic E-state index is 0.0202. The van der Waals surface area contributed by atoms with Gasteiger partial charge in [-0.25, -0.2) is 0 Å². The SMILES string of the molecule is C#CCCN=C1SC(CC(=O)Nc2cc(Cl)cc(Cl)c2)C(=O)N1Cc1ccc(-c2ccsc2)nc1. The third kappa shape index (κ3) is 6.65. The Hall–Kier alpha value is -2.83. The molecule has 35 heavy (non-hydrogen) atoms. The Morgan fingerprint density at radius 3 is 2.69 bits per heavy atom. The van der Waals surface area contributed by atoms with E-state index in [1.54, 1.807) is 40.6 Å². The van der Waals surface area contributed by atoms with Crippen LogP contribution in [0, 0.1) is 12.3 Å². The van der Waals surface area contributed by atoms with Gasteiger partial charge in [-0.1, -0.05) is 41.0 Å². The lowest BCUT2D eigenvalue weighted by Crippen LogP contribution is -2.33. The number of aromatic nitrogens is 1. The number of pyridine rings is 1. The van der Waals surface area contributed by atoms with Crippen LogP contribution in [0.2, 0.25) is 10.0 Å². The molecule has 6 nitrogen and oxygen atoms in total. The van der Waals surface area contributed by atoms with Crippen molar-refractivity contribution in [3.63, 3.8) is 0 Å². The first-order valence-electron chi connectivity index (χ1n) is 10.6. The van der Waals surface area contributed by atoms with Gasteiger partial charge in [0.05, 0.1) is 18.8 Å². The van der Waals surface area contributed by atoms with Gasteiger partial charge in [0, 0.05) is 45.7 Å². The van der Waals surface area contributed by atoms with Crippen LogP contribution in [0.1, 0.15) is 18.4 Å². The molecule has 3 heterocycles. The molecular formula is C25H20Cl2N4O2S2. The number of aliphatic imine (C=N–C) groups is 1. The van der Waals surface area contributed by atoms with E-state index < -0.39 is 5.25 Å². The van der Waals surface area contributed by atoms with Crippen molar-refractivity contribution < 1.29 is 9.59 Å². The first-order chi connectivity index (χ1) is 16.9. The molecule has 1 unspecified atom stereocenters. The normalized spacial score (nSPS) is 16.5. The number of benzene rings is 1. The lowest BCUT2D eigenvalue weighted by Gasteiger charge is -2.16. The molecule has 0 saturated carbocycles. The number of thiophene rings is 1. The summed E-state index contributed by atoms with van der Waals surface area (Å²) >= 11 is 14.9. The van der Waals surface area contributed by atoms with Crippen molar-refractivity contribution in [3.8, 4) is 23.6 Å². The zero-order valence-electron chi connectivity index (χ0n) is 18.4. The molecule has 0 aliphatic carbocycles. The van der Waals surface area contributed by atoms with Gasteiger partial charge in [-0.05, 0) is 41.3 Å². The number of carbonyl (C=O) groups excluding carboxylic acids is 2. The molecule has 1 aliphatic heterocycles. The second kappa shape index (κ2) is 11.7. The first-order valence-corrected chi connectivity index (χ1v) is 13.2. The average Bonchev–Trinajstić information content (AvgIpc) is 3.44. The highest BCUT2D eigenvalue weighted by molar-refractivity contribution is 8.15. The van der Waals surface area contributed by atoms with Crippen molar-refractivity contribution in [2.24, 2.45) is 4.99 Å². The van der Waals surface area contributed by atoms with Crippen molar-refractivity contribution in [1.82, 2.24) is 9.88 Å². The largest absolute Gasteiger partial charge is 0.326 e. The van der Waals surface area contributed by atoms with Gasteiger partial charge in [-0.3, -0.25) is 24.5 Å². The van der Waals surface area contributed by atoms with E-state index in [-0.39, 0.29) is 18.2 Å². The molecule has 2 amide bonds. The molecule has 0 bridgehead atoms. The standard InChI is InChI=1S/C25H20Cl2N4O2S2/c1-2-3-7-28-25-31(14-16-4-5-21(29-13-16)17-6-8-34-15-17)24(33)22(35-25)12-23(32)30-20-10-18(26)9-19(27)11-20/h1,4-6,8-11,13,15,22H,3,7,12,14H2,(H,30,32). The van der Waals surface area contributed by atoms with Gasteiger partial charge in [-0.2, -0.15) is 11.3 Å². The van der Waals surface area contributed by atoms with Crippen LogP contribution in [0.25, 0.3) is 11.3 Å². The quantitative estimate of drug-likeness (QED) is 0.281. The smallest absolute Gasteiger partial charge is 0.242 e. The lowest BCUT2D eigenvalue weighted by molar-refractivity contribution is -0.128. The van der Waals surface area contributed by atoms with E-state index >= 15 is 0 Å². The number of terminal acetylenes is 1. The van der Waals surface area contributed by atoms with Crippen LogP contribution in [0.3, 0.4) is 0 Å². The van der Waals surface area contributed by atoms with Crippen LogP contribution in [-0.4, -0.2) is 38.7 Å². The summed E-state index contributed by atoms with van der Waals surface area (Å²) in [5.41, 5.74) is 3.26. The minimum Gasteiger partial charge on any atom is -0.326 e. The number of anilines is 1. The van der Waals surface area contributed by atoms with Gasteiger partial charge in [0.15, 0.2) is 5.17 Å². The molecule has 1 fully saturated rings. The number of amidine groups is 1. The Labute approximate surface area is 221 Å². The first kappa shape index (κ1) is 25.3. The Morgan fingerprint density at radius 2 is 2.03 bits per heavy atom.